The first-order valence-electron chi connectivity index (χ1n) is 6.56. The van der Waals surface area contributed by atoms with Crippen LogP contribution in [0.25, 0.3) is 10.6 Å². The normalized spacial score (nSPS) is 11.8. The number of hydrogen-bond donors (Lipinski definition) is 0. The fourth-order valence-corrected chi connectivity index (χ4v) is 2.94. The molecule has 1 aromatic carbocycles. The highest BCUT2D eigenvalue weighted by molar-refractivity contribution is 7.15. The number of thiazole rings is 1. The molecule has 0 fully saturated rings. The Balaban J connectivity index is 2.23. The summed E-state index contributed by atoms with van der Waals surface area (Å²) < 4.78 is 0. The monoisotopic (exact) mass is 259 g/mol. The van der Waals surface area contributed by atoms with E-state index < -0.39 is 0 Å². The summed E-state index contributed by atoms with van der Waals surface area (Å²) in [5.74, 6) is 0. The van der Waals surface area contributed by atoms with Crippen LogP contribution in [-0.4, -0.2) is 4.98 Å². The Morgan fingerprint density at radius 3 is 2.33 bits per heavy atom. The van der Waals surface area contributed by atoms with Gasteiger partial charge in [-0.25, -0.2) is 4.98 Å². The Kier molecular flexibility index (Phi) is 3.86. The highest BCUT2D eigenvalue weighted by Gasteiger charge is 2.13. The molecular weight excluding hydrogens is 238 g/mol. The molecule has 2 rings (SSSR count). The van der Waals surface area contributed by atoms with E-state index in [1.54, 1.807) is 0 Å². The molecule has 2 aromatic rings. The van der Waals surface area contributed by atoms with Crippen LogP contribution in [0.2, 0.25) is 0 Å². The number of rotatable bonds is 3. The summed E-state index contributed by atoms with van der Waals surface area (Å²) in [5, 5.41) is 1.14. The molecule has 0 saturated heterocycles. The van der Waals surface area contributed by atoms with Gasteiger partial charge in [-0.3, -0.25) is 0 Å². The first-order chi connectivity index (χ1) is 8.50. The van der Waals surface area contributed by atoms with Gasteiger partial charge in [-0.15, -0.1) is 11.3 Å². The average molecular weight is 259 g/mol. The van der Waals surface area contributed by atoms with E-state index in [1.165, 1.54) is 22.4 Å². The van der Waals surface area contributed by atoms with E-state index in [-0.39, 0.29) is 5.41 Å². The topological polar surface area (TPSA) is 12.9 Å². The van der Waals surface area contributed by atoms with Gasteiger partial charge in [-0.2, -0.15) is 0 Å². The van der Waals surface area contributed by atoms with Crippen molar-refractivity contribution in [3.63, 3.8) is 0 Å². The van der Waals surface area contributed by atoms with Crippen LogP contribution in [0.3, 0.4) is 0 Å². The van der Waals surface area contributed by atoms with Gasteiger partial charge in [0.05, 0.1) is 0 Å². The smallest absolute Gasteiger partial charge is 0.123 e. The van der Waals surface area contributed by atoms with Crippen molar-refractivity contribution in [2.75, 3.05) is 0 Å². The maximum atomic E-state index is 4.52. The summed E-state index contributed by atoms with van der Waals surface area (Å²) in [6.07, 6.45) is 4.34. The van der Waals surface area contributed by atoms with Crippen LogP contribution < -0.4 is 0 Å². The molecule has 0 aliphatic rings. The molecule has 0 saturated carbocycles. The van der Waals surface area contributed by atoms with Gasteiger partial charge in [0.1, 0.15) is 5.01 Å². The molecule has 0 N–H and O–H groups in total. The van der Waals surface area contributed by atoms with Crippen LogP contribution >= 0.6 is 11.3 Å². The summed E-state index contributed by atoms with van der Waals surface area (Å²) in [7, 11) is 0. The summed E-state index contributed by atoms with van der Waals surface area (Å²) in [4.78, 5) is 5.90. The molecule has 0 radical (unpaired) electrons. The van der Waals surface area contributed by atoms with Gasteiger partial charge in [0.2, 0.25) is 0 Å². The summed E-state index contributed by atoms with van der Waals surface area (Å²) in [6, 6.07) is 8.82. The van der Waals surface area contributed by atoms with Crippen molar-refractivity contribution in [2.45, 2.75) is 46.0 Å². The van der Waals surface area contributed by atoms with Gasteiger partial charge in [-0.1, -0.05) is 58.4 Å². The minimum atomic E-state index is 0.217. The van der Waals surface area contributed by atoms with E-state index in [0.717, 1.165) is 11.4 Å². The second-order valence-electron chi connectivity index (χ2n) is 5.71. The highest BCUT2D eigenvalue weighted by atomic mass is 32.1. The number of benzene rings is 1. The van der Waals surface area contributed by atoms with Crippen LogP contribution in [0.5, 0.6) is 0 Å². The largest absolute Gasteiger partial charge is 0.244 e. The lowest BCUT2D eigenvalue weighted by Gasteiger charge is -2.18. The number of aromatic nitrogens is 1. The minimum Gasteiger partial charge on any atom is -0.244 e. The molecule has 18 heavy (non-hydrogen) atoms. The maximum absolute atomic E-state index is 4.52. The molecule has 0 aliphatic carbocycles. The summed E-state index contributed by atoms with van der Waals surface area (Å²) in [6.45, 7) is 8.93. The third kappa shape index (κ3) is 2.99. The molecule has 0 amide bonds. The van der Waals surface area contributed by atoms with Crippen molar-refractivity contribution in [1.29, 1.82) is 0 Å². The van der Waals surface area contributed by atoms with Gasteiger partial charge < -0.3 is 0 Å². The van der Waals surface area contributed by atoms with E-state index >= 15 is 0 Å². The predicted octanol–water partition coefficient (Wildman–Crippen LogP) is 5.06. The van der Waals surface area contributed by atoms with Gasteiger partial charge in [-0.05, 0) is 17.4 Å². The molecular formula is C16H21NS. The van der Waals surface area contributed by atoms with E-state index in [4.69, 9.17) is 0 Å². The van der Waals surface area contributed by atoms with Crippen LogP contribution in [0.4, 0.5) is 0 Å². The SMILES string of the molecule is CCCc1cnc(-c2ccc(C(C)(C)C)cc2)s1. The first-order valence-corrected chi connectivity index (χ1v) is 7.38. The van der Waals surface area contributed by atoms with E-state index in [2.05, 4.69) is 56.9 Å². The molecule has 1 nitrogen and oxygen atoms in total. The van der Waals surface area contributed by atoms with Crippen molar-refractivity contribution in [1.82, 2.24) is 4.98 Å². The molecule has 1 aromatic heterocycles. The van der Waals surface area contributed by atoms with Crippen LogP contribution in [0.1, 0.15) is 44.6 Å². The van der Waals surface area contributed by atoms with Gasteiger partial charge in [0.25, 0.3) is 0 Å². The zero-order chi connectivity index (χ0) is 13.2. The molecule has 96 valence electrons. The third-order valence-corrected chi connectivity index (χ3v) is 4.15. The Morgan fingerprint density at radius 2 is 1.78 bits per heavy atom. The van der Waals surface area contributed by atoms with Crippen molar-refractivity contribution < 1.29 is 0 Å². The lowest BCUT2D eigenvalue weighted by molar-refractivity contribution is 0.590. The highest BCUT2D eigenvalue weighted by Crippen LogP contribution is 2.29. The second-order valence-corrected chi connectivity index (χ2v) is 6.82. The molecule has 0 unspecified atom stereocenters. The third-order valence-electron chi connectivity index (χ3n) is 3.05. The van der Waals surface area contributed by atoms with Crippen molar-refractivity contribution >= 4 is 11.3 Å². The molecule has 0 spiro atoms. The van der Waals surface area contributed by atoms with E-state index in [9.17, 15) is 0 Å². The first kappa shape index (κ1) is 13.3. The lowest BCUT2D eigenvalue weighted by Crippen LogP contribution is -2.10. The van der Waals surface area contributed by atoms with Crippen LogP contribution in [0, 0.1) is 0 Å². The standard InChI is InChI=1S/C16H21NS/c1-5-6-14-11-17-15(18-14)12-7-9-13(10-8-12)16(2,3)4/h7-11H,5-6H2,1-4H3. The molecule has 2 heteroatoms. The Morgan fingerprint density at radius 1 is 1.11 bits per heavy atom. The quantitative estimate of drug-likeness (QED) is 0.750. The van der Waals surface area contributed by atoms with Crippen LogP contribution in [0.15, 0.2) is 30.5 Å². The fourth-order valence-electron chi connectivity index (χ4n) is 1.92. The van der Waals surface area contributed by atoms with Crippen molar-refractivity contribution in [3.05, 3.63) is 40.9 Å². The molecule has 0 aliphatic heterocycles. The van der Waals surface area contributed by atoms with E-state index in [1.807, 2.05) is 17.5 Å². The van der Waals surface area contributed by atoms with Gasteiger partial charge in [0, 0.05) is 16.6 Å². The lowest BCUT2D eigenvalue weighted by atomic mass is 9.87. The fraction of sp³-hybridized carbons (Fsp3) is 0.438. The van der Waals surface area contributed by atoms with E-state index in [0.29, 0.717) is 0 Å². The Labute approximate surface area is 114 Å². The van der Waals surface area contributed by atoms with Gasteiger partial charge in [0.15, 0.2) is 0 Å². The molecule has 1 heterocycles. The predicted molar refractivity (Wildman–Crippen MR) is 80.2 cm³/mol. The zero-order valence-corrected chi connectivity index (χ0v) is 12.5. The average Bonchev–Trinajstić information content (AvgIpc) is 2.77. The van der Waals surface area contributed by atoms with Crippen molar-refractivity contribution in [3.8, 4) is 10.6 Å². The Hall–Kier alpha value is -1.15. The number of hydrogen-bond acceptors (Lipinski definition) is 2. The van der Waals surface area contributed by atoms with Gasteiger partial charge >= 0.3 is 0 Å². The van der Waals surface area contributed by atoms with Crippen molar-refractivity contribution in [2.24, 2.45) is 0 Å². The Bertz CT molecular complexity index is 503. The van der Waals surface area contributed by atoms with Crippen LogP contribution in [-0.2, 0) is 11.8 Å². The minimum absolute atomic E-state index is 0.217. The second kappa shape index (κ2) is 5.23. The zero-order valence-electron chi connectivity index (χ0n) is 11.7. The molecule has 0 bridgehead atoms. The summed E-state index contributed by atoms with van der Waals surface area (Å²) >= 11 is 1.81. The number of aryl methyl sites for hydroxylation is 1. The maximum Gasteiger partial charge on any atom is 0.123 e. The number of nitrogens with zero attached hydrogens (tertiary/aromatic N) is 1. The molecule has 0 atom stereocenters. The summed E-state index contributed by atoms with van der Waals surface area (Å²) in [5.41, 5.74) is 2.82.